The fourth-order valence-corrected chi connectivity index (χ4v) is 1.31. The van der Waals surface area contributed by atoms with Crippen molar-refractivity contribution in [1.29, 1.82) is 0 Å². The van der Waals surface area contributed by atoms with Crippen LogP contribution in [-0.4, -0.2) is 10.0 Å². The lowest BCUT2D eigenvalue weighted by atomic mass is 10.2. The number of nitrogens with zero attached hydrogens (tertiary/aromatic N) is 1. The molecule has 0 aliphatic heterocycles. The van der Waals surface area contributed by atoms with Gasteiger partial charge in [0.1, 0.15) is 5.75 Å². The van der Waals surface area contributed by atoms with E-state index in [-0.39, 0.29) is 11.4 Å². The Bertz CT molecular complexity index is 314. The molecule has 0 unspecified atom stereocenters. The largest absolute Gasteiger partial charge is 0.508 e. The third-order valence-electron chi connectivity index (χ3n) is 1.41. The fraction of sp³-hybridized carbons (Fsp3) is 0.143. The molecule has 4 nitrogen and oxygen atoms in total. The molecule has 0 aromatic heterocycles. The number of benzene rings is 1. The Morgan fingerprint density at radius 1 is 1.58 bits per heavy atom. The summed E-state index contributed by atoms with van der Waals surface area (Å²) in [6.45, 7) is 0. The fourth-order valence-electron chi connectivity index (χ4n) is 0.835. The lowest BCUT2D eigenvalue weighted by molar-refractivity contribution is -0.385. The zero-order chi connectivity index (χ0) is 9.14. The number of rotatable bonds is 2. The van der Waals surface area contributed by atoms with E-state index in [1.54, 1.807) is 0 Å². The molecular weight excluding hydrogens is 226 g/mol. The van der Waals surface area contributed by atoms with Gasteiger partial charge in [-0.3, -0.25) is 10.1 Å². The Kier molecular flexibility index (Phi) is 2.65. The highest BCUT2D eigenvalue weighted by molar-refractivity contribution is 9.08. The summed E-state index contributed by atoms with van der Waals surface area (Å²) in [5.41, 5.74) is 0.490. The predicted octanol–water partition coefficient (Wildman–Crippen LogP) is 2.20. The topological polar surface area (TPSA) is 63.4 Å². The standard InChI is InChI=1S/C7H6BrNO3/c8-4-5-1-2-6(10)3-7(5)9(11)12/h1-3,10H,4H2. The van der Waals surface area contributed by atoms with Crippen molar-refractivity contribution in [3.8, 4) is 5.75 Å². The monoisotopic (exact) mass is 231 g/mol. The average Bonchev–Trinajstić information content (AvgIpc) is 2.04. The Morgan fingerprint density at radius 2 is 2.25 bits per heavy atom. The van der Waals surface area contributed by atoms with Crippen molar-refractivity contribution in [3.05, 3.63) is 33.9 Å². The summed E-state index contributed by atoms with van der Waals surface area (Å²) in [5, 5.41) is 19.8. The van der Waals surface area contributed by atoms with E-state index in [9.17, 15) is 10.1 Å². The van der Waals surface area contributed by atoms with Crippen LogP contribution in [-0.2, 0) is 5.33 Å². The molecule has 0 fully saturated rings. The number of hydrogen-bond donors (Lipinski definition) is 1. The van der Waals surface area contributed by atoms with E-state index < -0.39 is 4.92 Å². The molecule has 0 radical (unpaired) electrons. The third-order valence-corrected chi connectivity index (χ3v) is 2.01. The van der Waals surface area contributed by atoms with Gasteiger partial charge in [0.15, 0.2) is 0 Å². The molecule has 0 amide bonds. The Hall–Kier alpha value is -1.10. The van der Waals surface area contributed by atoms with Gasteiger partial charge in [-0.2, -0.15) is 0 Å². The molecule has 5 heteroatoms. The third kappa shape index (κ3) is 1.73. The first-order valence-electron chi connectivity index (χ1n) is 3.17. The Labute approximate surface area is 77.1 Å². The second kappa shape index (κ2) is 3.53. The predicted molar refractivity (Wildman–Crippen MR) is 47.4 cm³/mol. The molecule has 0 atom stereocenters. The maximum Gasteiger partial charge on any atom is 0.277 e. The van der Waals surface area contributed by atoms with Gasteiger partial charge < -0.3 is 5.11 Å². The van der Waals surface area contributed by atoms with Crippen molar-refractivity contribution in [1.82, 2.24) is 0 Å². The number of halogens is 1. The SMILES string of the molecule is O=[N+]([O-])c1cc(O)ccc1CBr. The zero-order valence-corrected chi connectivity index (χ0v) is 7.61. The first-order chi connectivity index (χ1) is 5.65. The molecule has 0 aliphatic carbocycles. The van der Waals surface area contributed by atoms with E-state index in [2.05, 4.69) is 15.9 Å². The Morgan fingerprint density at radius 3 is 2.75 bits per heavy atom. The smallest absolute Gasteiger partial charge is 0.277 e. The quantitative estimate of drug-likeness (QED) is 0.482. The number of hydrogen-bond acceptors (Lipinski definition) is 3. The number of phenols is 1. The summed E-state index contributed by atoms with van der Waals surface area (Å²) in [4.78, 5) is 9.89. The van der Waals surface area contributed by atoms with E-state index >= 15 is 0 Å². The van der Waals surface area contributed by atoms with Crippen LogP contribution < -0.4 is 0 Å². The van der Waals surface area contributed by atoms with Crippen molar-refractivity contribution in [2.24, 2.45) is 0 Å². The van der Waals surface area contributed by atoms with Gasteiger partial charge in [0.25, 0.3) is 5.69 Å². The second-order valence-electron chi connectivity index (χ2n) is 2.20. The molecule has 0 aliphatic rings. The van der Waals surface area contributed by atoms with Crippen LogP contribution in [0.2, 0.25) is 0 Å². The molecule has 0 spiro atoms. The lowest BCUT2D eigenvalue weighted by Gasteiger charge is -1.98. The number of alkyl halides is 1. The van der Waals surface area contributed by atoms with Gasteiger partial charge in [-0.05, 0) is 12.1 Å². The van der Waals surface area contributed by atoms with Crippen LogP contribution in [0.4, 0.5) is 5.69 Å². The average molecular weight is 232 g/mol. The first-order valence-corrected chi connectivity index (χ1v) is 4.29. The van der Waals surface area contributed by atoms with Gasteiger partial charge in [0.05, 0.1) is 11.0 Å². The van der Waals surface area contributed by atoms with Gasteiger partial charge in [0.2, 0.25) is 0 Å². The summed E-state index contributed by atoms with van der Waals surface area (Å²) >= 11 is 3.12. The highest BCUT2D eigenvalue weighted by Crippen LogP contribution is 2.25. The number of aromatic hydroxyl groups is 1. The molecule has 0 saturated carbocycles. The van der Waals surface area contributed by atoms with E-state index in [0.717, 1.165) is 6.07 Å². The van der Waals surface area contributed by atoms with Gasteiger partial charge in [-0.15, -0.1) is 0 Å². The molecule has 12 heavy (non-hydrogen) atoms. The highest BCUT2D eigenvalue weighted by Gasteiger charge is 2.12. The molecule has 1 N–H and O–H groups in total. The molecule has 64 valence electrons. The minimum absolute atomic E-state index is 0.0631. The minimum Gasteiger partial charge on any atom is -0.508 e. The summed E-state index contributed by atoms with van der Waals surface area (Å²) in [6.07, 6.45) is 0. The van der Waals surface area contributed by atoms with Gasteiger partial charge in [-0.25, -0.2) is 0 Å². The number of nitro benzene ring substituents is 1. The van der Waals surface area contributed by atoms with Crippen LogP contribution in [0.3, 0.4) is 0 Å². The van der Waals surface area contributed by atoms with Crippen LogP contribution in [0.1, 0.15) is 5.56 Å². The Balaban J connectivity index is 3.21. The van der Waals surface area contributed by atoms with E-state index in [1.807, 2.05) is 0 Å². The van der Waals surface area contributed by atoms with E-state index in [1.165, 1.54) is 12.1 Å². The van der Waals surface area contributed by atoms with Crippen LogP contribution in [0.15, 0.2) is 18.2 Å². The van der Waals surface area contributed by atoms with E-state index in [0.29, 0.717) is 10.9 Å². The van der Waals surface area contributed by atoms with Crippen molar-refractivity contribution in [2.45, 2.75) is 5.33 Å². The summed E-state index contributed by atoms with van der Waals surface area (Å²) in [6, 6.07) is 4.07. The van der Waals surface area contributed by atoms with Crippen molar-refractivity contribution >= 4 is 21.6 Å². The molecular formula is C7H6BrNO3. The van der Waals surface area contributed by atoms with Crippen LogP contribution in [0.5, 0.6) is 5.75 Å². The zero-order valence-electron chi connectivity index (χ0n) is 6.03. The van der Waals surface area contributed by atoms with Crippen molar-refractivity contribution in [2.75, 3.05) is 0 Å². The van der Waals surface area contributed by atoms with Gasteiger partial charge in [0, 0.05) is 10.9 Å². The van der Waals surface area contributed by atoms with Crippen molar-refractivity contribution < 1.29 is 10.0 Å². The summed E-state index contributed by atoms with van der Waals surface area (Å²) < 4.78 is 0. The summed E-state index contributed by atoms with van der Waals surface area (Å²) in [5.74, 6) is -0.0913. The maximum absolute atomic E-state index is 10.4. The number of nitro groups is 1. The highest BCUT2D eigenvalue weighted by atomic mass is 79.9. The van der Waals surface area contributed by atoms with Crippen LogP contribution >= 0.6 is 15.9 Å². The molecule has 0 saturated heterocycles. The summed E-state index contributed by atoms with van der Waals surface area (Å²) in [7, 11) is 0. The maximum atomic E-state index is 10.4. The minimum atomic E-state index is -0.518. The second-order valence-corrected chi connectivity index (χ2v) is 2.76. The normalized spacial score (nSPS) is 9.75. The molecule has 0 heterocycles. The van der Waals surface area contributed by atoms with Crippen LogP contribution in [0, 0.1) is 10.1 Å². The molecule has 1 aromatic carbocycles. The number of phenolic OH excluding ortho intramolecular Hbond substituents is 1. The first kappa shape index (κ1) is 8.99. The van der Waals surface area contributed by atoms with Crippen molar-refractivity contribution in [3.63, 3.8) is 0 Å². The molecule has 0 bridgehead atoms. The molecule has 1 aromatic rings. The van der Waals surface area contributed by atoms with Gasteiger partial charge >= 0.3 is 0 Å². The van der Waals surface area contributed by atoms with Gasteiger partial charge in [-0.1, -0.05) is 15.9 Å². The van der Waals surface area contributed by atoms with E-state index in [4.69, 9.17) is 5.11 Å². The lowest BCUT2D eigenvalue weighted by Crippen LogP contribution is -1.92. The molecule has 1 rings (SSSR count). The van der Waals surface area contributed by atoms with Crippen LogP contribution in [0.25, 0.3) is 0 Å².